The van der Waals surface area contributed by atoms with Crippen LogP contribution in [0, 0.1) is 0 Å². The molecule has 0 radical (unpaired) electrons. The van der Waals surface area contributed by atoms with Gasteiger partial charge in [-0.3, -0.25) is 4.79 Å². The molecule has 0 rings (SSSR count). The highest BCUT2D eigenvalue weighted by Gasteiger charge is 2.09. The van der Waals surface area contributed by atoms with E-state index in [0.717, 1.165) is 0 Å². The van der Waals surface area contributed by atoms with Crippen molar-refractivity contribution in [3.8, 4) is 0 Å². The normalized spacial score (nSPS) is 13.6. The van der Waals surface area contributed by atoms with Gasteiger partial charge >= 0.3 is 5.97 Å². The molecule has 0 unspecified atom stereocenters. The fraction of sp³-hybridized carbons (Fsp3) is 0.500. The molecule has 0 saturated heterocycles. The number of allylic oxidation sites excluding steroid dienone is 1. The Hall–Kier alpha value is -0.190. The minimum absolute atomic E-state index is 0.378. The number of thioether (sulfide) groups is 1. The number of rotatable bonds is 5. The van der Waals surface area contributed by atoms with Crippen LogP contribution in [-0.2, 0) is 4.79 Å². The van der Waals surface area contributed by atoms with Gasteiger partial charge in [-0.15, -0.1) is 23.4 Å². The molecule has 0 aromatic carbocycles. The molecule has 11 heavy (non-hydrogen) atoms. The van der Waals surface area contributed by atoms with Crippen LogP contribution in [0.3, 0.4) is 0 Å². The van der Waals surface area contributed by atoms with Crippen LogP contribution in [0.2, 0.25) is 0 Å². The first-order chi connectivity index (χ1) is 5.18. The monoisotopic (exact) mass is 195 g/mol. The first-order valence-electron chi connectivity index (χ1n) is 2.99. The number of hydrogen-bond donors (Lipinski definition) is 2. The first-order valence-corrected chi connectivity index (χ1v) is 4.57. The number of carboxylic acid groups (broad SMARTS) is 1. The molecule has 3 N–H and O–H groups in total. The zero-order chi connectivity index (χ0) is 8.69. The highest BCUT2D eigenvalue weighted by atomic mass is 35.5. The Balaban J connectivity index is 3.38. The zero-order valence-electron chi connectivity index (χ0n) is 5.87. The maximum Gasteiger partial charge on any atom is 0.321 e. The van der Waals surface area contributed by atoms with Gasteiger partial charge in [0.15, 0.2) is 0 Å². The Labute approximate surface area is 74.6 Å². The molecule has 64 valence electrons. The average molecular weight is 196 g/mol. The highest BCUT2D eigenvalue weighted by Crippen LogP contribution is 2.03. The summed E-state index contributed by atoms with van der Waals surface area (Å²) in [7, 11) is 0. The molecule has 0 bridgehead atoms. The van der Waals surface area contributed by atoms with Crippen LogP contribution in [0.4, 0.5) is 0 Å². The zero-order valence-corrected chi connectivity index (χ0v) is 7.44. The van der Waals surface area contributed by atoms with E-state index in [4.69, 9.17) is 22.4 Å². The lowest BCUT2D eigenvalue weighted by atomic mass is 10.4. The van der Waals surface area contributed by atoms with Gasteiger partial charge in [0.2, 0.25) is 0 Å². The molecule has 0 aliphatic carbocycles. The third-order valence-electron chi connectivity index (χ3n) is 0.875. The van der Waals surface area contributed by atoms with E-state index in [1.807, 2.05) is 0 Å². The summed E-state index contributed by atoms with van der Waals surface area (Å²) < 4.78 is 0. The van der Waals surface area contributed by atoms with Crippen LogP contribution in [-0.4, -0.2) is 28.8 Å². The number of nitrogens with two attached hydrogens (primary N) is 1. The molecule has 0 aromatic rings. The molecule has 3 nitrogen and oxygen atoms in total. The Morgan fingerprint density at radius 2 is 2.45 bits per heavy atom. The predicted molar refractivity (Wildman–Crippen MR) is 47.9 cm³/mol. The fourth-order valence-corrected chi connectivity index (χ4v) is 1.22. The summed E-state index contributed by atoms with van der Waals surface area (Å²) in [5.74, 6) is -0.158. The highest BCUT2D eigenvalue weighted by molar-refractivity contribution is 8.02. The van der Waals surface area contributed by atoms with E-state index < -0.39 is 12.0 Å². The number of halogens is 1. The topological polar surface area (TPSA) is 63.3 Å². The lowest BCUT2D eigenvalue weighted by molar-refractivity contribution is -0.137. The van der Waals surface area contributed by atoms with Gasteiger partial charge in [-0.2, -0.15) is 0 Å². The van der Waals surface area contributed by atoms with Gasteiger partial charge in [0, 0.05) is 11.6 Å². The maximum atomic E-state index is 10.2. The summed E-state index contributed by atoms with van der Waals surface area (Å²) in [4.78, 5) is 10.2. The van der Waals surface area contributed by atoms with Crippen LogP contribution in [0.25, 0.3) is 0 Å². The summed E-state index contributed by atoms with van der Waals surface area (Å²) in [6.45, 7) is 0. The Bertz CT molecular complexity index is 152. The minimum atomic E-state index is -0.975. The van der Waals surface area contributed by atoms with Gasteiger partial charge in [0.25, 0.3) is 0 Å². The third kappa shape index (κ3) is 6.22. The quantitative estimate of drug-likeness (QED) is 0.640. The number of carbonyl (C=O) groups is 1. The van der Waals surface area contributed by atoms with E-state index in [1.54, 1.807) is 11.5 Å². The van der Waals surface area contributed by atoms with E-state index in [9.17, 15) is 4.79 Å². The van der Waals surface area contributed by atoms with Crippen LogP contribution in [0.1, 0.15) is 0 Å². The van der Waals surface area contributed by atoms with Gasteiger partial charge in [-0.05, 0) is 5.41 Å². The van der Waals surface area contributed by atoms with Crippen molar-refractivity contribution in [3.63, 3.8) is 0 Å². The van der Waals surface area contributed by atoms with Gasteiger partial charge in [-0.25, -0.2) is 0 Å². The molecule has 0 spiro atoms. The molecule has 0 heterocycles. The first kappa shape index (κ1) is 10.8. The standard InChI is InChI=1S/C6H10ClNO2S/c7-2-1-3-11-4-5(8)6(9)10/h1,3,5H,2,4,8H2,(H,9,10)/b3-1+/t5-/m0/s1. The summed E-state index contributed by atoms with van der Waals surface area (Å²) >= 11 is 6.68. The number of aliphatic carboxylic acids is 1. The second-order valence-electron chi connectivity index (χ2n) is 1.80. The van der Waals surface area contributed by atoms with Crippen LogP contribution in [0.15, 0.2) is 11.5 Å². The largest absolute Gasteiger partial charge is 0.480 e. The van der Waals surface area contributed by atoms with E-state index in [0.29, 0.717) is 11.6 Å². The van der Waals surface area contributed by atoms with Crippen molar-refractivity contribution in [3.05, 3.63) is 11.5 Å². The van der Waals surface area contributed by atoms with E-state index in [-0.39, 0.29) is 0 Å². The fourth-order valence-electron chi connectivity index (χ4n) is 0.335. The minimum Gasteiger partial charge on any atom is -0.480 e. The molecule has 0 saturated carbocycles. The van der Waals surface area contributed by atoms with Crippen molar-refractivity contribution in [2.75, 3.05) is 11.6 Å². The summed E-state index contributed by atoms with van der Waals surface area (Å²) in [6.07, 6.45) is 1.74. The molecule has 0 fully saturated rings. The Morgan fingerprint density at radius 1 is 1.82 bits per heavy atom. The molecule has 0 amide bonds. The van der Waals surface area contributed by atoms with E-state index in [2.05, 4.69) is 0 Å². The van der Waals surface area contributed by atoms with Crippen molar-refractivity contribution in [1.82, 2.24) is 0 Å². The van der Waals surface area contributed by atoms with Crippen molar-refractivity contribution in [1.29, 1.82) is 0 Å². The van der Waals surface area contributed by atoms with Gasteiger partial charge in [-0.1, -0.05) is 6.08 Å². The molecule has 0 aliphatic rings. The summed E-state index contributed by atoms with van der Waals surface area (Å²) in [5, 5.41) is 10.1. The molecule has 0 aromatic heterocycles. The lowest BCUT2D eigenvalue weighted by Crippen LogP contribution is -2.32. The summed E-state index contributed by atoms with van der Waals surface area (Å²) in [5.41, 5.74) is 5.21. The van der Waals surface area contributed by atoms with Crippen LogP contribution >= 0.6 is 23.4 Å². The van der Waals surface area contributed by atoms with Gasteiger partial charge in [0.05, 0.1) is 0 Å². The molecule has 0 aliphatic heterocycles. The number of alkyl halides is 1. The maximum absolute atomic E-state index is 10.2. The van der Waals surface area contributed by atoms with E-state index >= 15 is 0 Å². The second kappa shape index (κ2) is 6.52. The Kier molecular flexibility index (Phi) is 6.40. The van der Waals surface area contributed by atoms with Crippen molar-refractivity contribution < 1.29 is 9.90 Å². The third-order valence-corrected chi connectivity index (χ3v) is 1.99. The van der Waals surface area contributed by atoms with Crippen molar-refractivity contribution in [2.45, 2.75) is 6.04 Å². The SMILES string of the molecule is N[C@@H](CS/C=C/CCl)C(=O)O. The smallest absolute Gasteiger partial charge is 0.321 e. The van der Waals surface area contributed by atoms with Crippen molar-refractivity contribution >= 4 is 29.3 Å². The number of hydrogen-bond acceptors (Lipinski definition) is 3. The van der Waals surface area contributed by atoms with E-state index in [1.165, 1.54) is 11.8 Å². The van der Waals surface area contributed by atoms with Gasteiger partial charge < -0.3 is 10.8 Å². The number of carboxylic acids is 1. The Morgan fingerprint density at radius 3 is 2.91 bits per heavy atom. The summed E-state index contributed by atoms with van der Waals surface area (Å²) in [6, 6.07) is -0.792. The lowest BCUT2D eigenvalue weighted by Gasteiger charge is -2.01. The molecule has 1 atom stereocenters. The average Bonchev–Trinajstić information content (AvgIpc) is 1.97. The van der Waals surface area contributed by atoms with Gasteiger partial charge in [0.1, 0.15) is 6.04 Å². The predicted octanol–water partition coefficient (Wildman–Crippen LogP) is 0.884. The second-order valence-corrected chi connectivity index (χ2v) is 3.05. The van der Waals surface area contributed by atoms with Crippen LogP contribution < -0.4 is 5.73 Å². The molecular formula is C6H10ClNO2S. The van der Waals surface area contributed by atoms with Crippen LogP contribution in [0.5, 0.6) is 0 Å². The molecule has 5 heteroatoms. The molecular weight excluding hydrogens is 186 g/mol. The van der Waals surface area contributed by atoms with Crippen molar-refractivity contribution in [2.24, 2.45) is 5.73 Å².